The van der Waals surface area contributed by atoms with Gasteiger partial charge in [0.1, 0.15) is 12.0 Å². The number of carbonyl (C=O) groups excluding carboxylic acids is 1. The first-order chi connectivity index (χ1) is 12.2. The highest BCUT2D eigenvalue weighted by Crippen LogP contribution is 2.24. The Morgan fingerprint density at radius 3 is 2.76 bits per heavy atom. The van der Waals surface area contributed by atoms with Gasteiger partial charge in [-0.2, -0.15) is 0 Å². The van der Waals surface area contributed by atoms with Gasteiger partial charge in [0.05, 0.1) is 12.5 Å². The van der Waals surface area contributed by atoms with E-state index in [2.05, 4.69) is 35.1 Å². The third kappa shape index (κ3) is 3.00. The molecule has 1 amide bonds. The molecule has 9 heteroatoms. The van der Waals surface area contributed by atoms with Crippen LogP contribution in [0.15, 0.2) is 31.2 Å². The number of aryl methyl sites for hydroxylation is 1. The van der Waals surface area contributed by atoms with Crippen molar-refractivity contribution in [3.05, 3.63) is 36.9 Å². The molecular formula is C16H18N8O. The van der Waals surface area contributed by atoms with E-state index in [9.17, 15) is 4.79 Å². The van der Waals surface area contributed by atoms with Crippen molar-refractivity contribution in [1.29, 1.82) is 0 Å². The molecule has 1 aliphatic heterocycles. The Labute approximate surface area is 144 Å². The largest absolute Gasteiger partial charge is 0.355 e. The van der Waals surface area contributed by atoms with Gasteiger partial charge in [-0.3, -0.25) is 9.78 Å². The van der Waals surface area contributed by atoms with Gasteiger partial charge in [0.15, 0.2) is 17.0 Å². The summed E-state index contributed by atoms with van der Waals surface area (Å²) >= 11 is 0. The minimum Gasteiger partial charge on any atom is -0.355 e. The van der Waals surface area contributed by atoms with Crippen molar-refractivity contribution in [2.75, 3.05) is 18.0 Å². The third-order valence-electron chi connectivity index (χ3n) is 4.40. The van der Waals surface area contributed by atoms with E-state index in [-0.39, 0.29) is 11.9 Å². The fourth-order valence-electron chi connectivity index (χ4n) is 3.08. The van der Waals surface area contributed by atoms with Crippen LogP contribution in [0.5, 0.6) is 0 Å². The molecule has 1 saturated heterocycles. The number of anilines is 1. The monoisotopic (exact) mass is 338 g/mol. The highest BCUT2D eigenvalue weighted by molar-refractivity contribution is 5.92. The number of nitrogens with zero attached hydrogens (tertiary/aromatic N) is 7. The van der Waals surface area contributed by atoms with Crippen molar-refractivity contribution in [2.24, 2.45) is 7.05 Å². The van der Waals surface area contributed by atoms with Gasteiger partial charge in [-0.05, 0) is 12.8 Å². The van der Waals surface area contributed by atoms with Crippen LogP contribution in [0.25, 0.3) is 11.2 Å². The second kappa shape index (κ2) is 6.42. The number of hydrogen-bond acceptors (Lipinski definition) is 7. The highest BCUT2D eigenvalue weighted by Gasteiger charge is 2.24. The van der Waals surface area contributed by atoms with Gasteiger partial charge in [-0.25, -0.2) is 19.9 Å². The lowest BCUT2D eigenvalue weighted by molar-refractivity contribution is 0.0925. The summed E-state index contributed by atoms with van der Waals surface area (Å²) in [6, 6.07) is 0.117. The van der Waals surface area contributed by atoms with Crippen molar-refractivity contribution in [2.45, 2.75) is 18.9 Å². The first-order valence-corrected chi connectivity index (χ1v) is 8.16. The summed E-state index contributed by atoms with van der Waals surface area (Å²) in [5.41, 5.74) is 1.98. The Morgan fingerprint density at radius 2 is 2.00 bits per heavy atom. The number of carbonyl (C=O) groups is 1. The van der Waals surface area contributed by atoms with Gasteiger partial charge in [-0.15, -0.1) is 0 Å². The molecule has 128 valence electrons. The molecule has 1 N–H and O–H groups in total. The summed E-state index contributed by atoms with van der Waals surface area (Å²) in [5.74, 6) is 0.671. The Hall–Kier alpha value is -3.10. The average Bonchev–Trinajstić information content (AvgIpc) is 3.04. The van der Waals surface area contributed by atoms with E-state index >= 15 is 0 Å². The summed E-state index contributed by atoms with van der Waals surface area (Å²) < 4.78 is 1.88. The topological polar surface area (TPSA) is 102 Å². The summed E-state index contributed by atoms with van der Waals surface area (Å²) in [7, 11) is 1.92. The molecule has 0 unspecified atom stereocenters. The molecule has 1 aliphatic rings. The molecule has 0 aromatic carbocycles. The minimum absolute atomic E-state index is 0.117. The maximum absolute atomic E-state index is 12.2. The molecule has 4 heterocycles. The van der Waals surface area contributed by atoms with Crippen LogP contribution in [0.3, 0.4) is 0 Å². The number of piperidine rings is 1. The molecule has 0 radical (unpaired) electrons. The van der Waals surface area contributed by atoms with Crippen LogP contribution >= 0.6 is 0 Å². The molecule has 3 aromatic rings. The van der Waals surface area contributed by atoms with Crippen LogP contribution in [-0.2, 0) is 7.05 Å². The number of hydrogen-bond donors (Lipinski definition) is 1. The molecule has 3 aromatic heterocycles. The van der Waals surface area contributed by atoms with Gasteiger partial charge in [-0.1, -0.05) is 0 Å². The summed E-state index contributed by atoms with van der Waals surface area (Å²) in [6.45, 7) is 1.60. The number of fused-ring (bicyclic) bond motifs is 1. The predicted octanol–water partition coefficient (Wildman–Crippen LogP) is 0.552. The molecule has 0 saturated carbocycles. The van der Waals surface area contributed by atoms with E-state index in [0.29, 0.717) is 5.69 Å². The van der Waals surface area contributed by atoms with Gasteiger partial charge < -0.3 is 14.8 Å². The fraction of sp³-hybridized carbons (Fsp3) is 0.375. The Morgan fingerprint density at radius 1 is 1.16 bits per heavy atom. The van der Waals surface area contributed by atoms with E-state index in [1.807, 2.05) is 11.6 Å². The lowest BCUT2D eigenvalue weighted by Gasteiger charge is -2.33. The lowest BCUT2D eigenvalue weighted by Crippen LogP contribution is -2.45. The number of amides is 1. The zero-order valence-corrected chi connectivity index (χ0v) is 13.8. The molecule has 0 spiro atoms. The SMILES string of the molecule is Cn1cnc2c(N3CCC(NC(=O)c4cnccn4)CC3)ncnc21. The lowest BCUT2D eigenvalue weighted by atomic mass is 10.0. The molecule has 1 fully saturated rings. The van der Waals surface area contributed by atoms with Crippen LogP contribution < -0.4 is 10.2 Å². The van der Waals surface area contributed by atoms with Crippen molar-refractivity contribution in [1.82, 2.24) is 34.8 Å². The summed E-state index contributed by atoms with van der Waals surface area (Å²) in [6.07, 6.45) is 9.54. The number of aromatic nitrogens is 6. The predicted molar refractivity (Wildman–Crippen MR) is 91.0 cm³/mol. The van der Waals surface area contributed by atoms with E-state index in [4.69, 9.17) is 0 Å². The van der Waals surface area contributed by atoms with Crippen LogP contribution in [0.1, 0.15) is 23.3 Å². The Balaban J connectivity index is 1.42. The van der Waals surface area contributed by atoms with E-state index < -0.39 is 0 Å². The second-order valence-electron chi connectivity index (χ2n) is 6.05. The van der Waals surface area contributed by atoms with Crippen molar-refractivity contribution in [3.8, 4) is 0 Å². The fourth-order valence-corrected chi connectivity index (χ4v) is 3.08. The number of imidazole rings is 1. The van der Waals surface area contributed by atoms with E-state index in [1.54, 1.807) is 18.9 Å². The molecule has 0 aliphatic carbocycles. The molecule has 0 atom stereocenters. The Bertz CT molecular complexity index is 886. The normalized spacial score (nSPS) is 15.5. The Kier molecular flexibility index (Phi) is 3.96. The number of nitrogens with one attached hydrogen (secondary N) is 1. The molecule has 0 bridgehead atoms. The van der Waals surface area contributed by atoms with Crippen LogP contribution in [-0.4, -0.2) is 54.5 Å². The van der Waals surface area contributed by atoms with Crippen molar-refractivity contribution in [3.63, 3.8) is 0 Å². The molecule has 9 nitrogen and oxygen atoms in total. The maximum atomic E-state index is 12.2. The minimum atomic E-state index is -0.180. The van der Waals surface area contributed by atoms with Crippen molar-refractivity contribution >= 4 is 22.9 Å². The second-order valence-corrected chi connectivity index (χ2v) is 6.05. The first-order valence-electron chi connectivity index (χ1n) is 8.16. The maximum Gasteiger partial charge on any atom is 0.271 e. The zero-order valence-electron chi connectivity index (χ0n) is 13.8. The first kappa shape index (κ1) is 15.4. The van der Waals surface area contributed by atoms with E-state index in [0.717, 1.165) is 42.9 Å². The van der Waals surface area contributed by atoms with Crippen LogP contribution in [0.4, 0.5) is 5.82 Å². The number of rotatable bonds is 3. The zero-order chi connectivity index (χ0) is 17.2. The molecule has 25 heavy (non-hydrogen) atoms. The van der Waals surface area contributed by atoms with Crippen LogP contribution in [0, 0.1) is 0 Å². The summed E-state index contributed by atoms with van der Waals surface area (Å²) in [5, 5.41) is 3.03. The van der Waals surface area contributed by atoms with Crippen molar-refractivity contribution < 1.29 is 4.79 Å². The molecular weight excluding hydrogens is 320 g/mol. The van der Waals surface area contributed by atoms with Gasteiger partial charge in [0.25, 0.3) is 5.91 Å². The van der Waals surface area contributed by atoms with Crippen LogP contribution in [0.2, 0.25) is 0 Å². The van der Waals surface area contributed by atoms with E-state index in [1.165, 1.54) is 12.4 Å². The quantitative estimate of drug-likeness (QED) is 0.744. The van der Waals surface area contributed by atoms with Gasteiger partial charge >= 0.3 is 0 Å². The average molecular weight is 338 g/mol. The smallest absolute Gasteiger partial charge is 0.271 e. The standard InChI is InChI=1S/C16H18N8O/c1-23-10-21-13-14(23)19-9-20-15(13)24-6-2-11(3-7-24)22-16(25)12-8-17-4-5-18-12/h4-5,8-11H,2-3,6-7H2,1H3,(H,22,25). The summed E-state index contributed by atoms with van der Waals surface area (Å²) in [4.78, 5) is 35.4. The van der Waals surface area contributed by atoms with Gasteiger partial charge in [0, 0.05) is 38.6 Å². The van der Waals surface area contributed by atoms with Gasteiger partial charge in [0.2, 0.25) is 0 Å². The highest BCUT2D eigenvalue weighted by atomic mass is 16.1. The molecule has 4 rings (SSSR count). The third-order valence-corrected chi connectivity index (χ3v) is 4.40.